The van der Waals surface area contributed by atoms with Crippen LogP contribution in [-0.4, -0.2) is 23.9 Å². The van der Waals surface area contributed by atoms with Gasteiger partial charge < -0.3 is 18.9 Å². The number of hydrogen-bond acceptors (Lipinski definition) is 8. The Morgan fingerprint density at radius 1 is 0.512 bits per heavy atom. The third kappa shape index (κ3) is 11.4. The molecule has 0 N–H and O–H groups in total. The summed E-state index contributed by atoms with van der Waals surface area (Å²) in [5.41, 5.74) is 1.18. The van der Waals surface area contributed by atoms with E-state index >= 15 is 0 Å². The van der Waals surface area contributed by atoms with Gasteiger partial charge in [0.15, 0.2) is 0 Å². The van der Waals surface area contributed by atoms with E-state index in [1.54, 1.807) is 43.3 Å². The minimum Gasteiger partial charge on any atom is -0.427 e. The first-order valence-electron chi connectivity index (χ1n) is 15.0. The molecule has 3 aromatic carbocycles. The van der Waals surface area contributed by atoms with Gasteiger partial charge in [-0.2, -0.15) is 0 Å². The fraction of sp³-hybridized carbons (Fsp3) is 0.371. The minimum atomic E-state index is -0.580. The third-order valence-corrected chi connectivity index (χ3v) is 6.67. The van der Waals surface area contributed by atoms with Crippen LogP contribution in [0.2, 0.25) is 0 Å². The summed E-state index contributed by atoms with van der Waals surface area (Å²) >= 11 is 0. The summed E-state index contributed by atoms with van der Waals surface area (Å²) in [5, 5.41) is 0. The molecule has 0 amide bonds. The van der Waals surface area contributed by atoms with Crippen molar-refractivity contribution in [3.05, 3.63) is 83.4 Å². The van der Waals surface area contributed by atoms with Crippen molar-refractivity contribution in [1.29, 1.82) is 0 Å². The quantitative estimate of drug-likeness (QED) is 0.0937. The predicted molar refractivity (Wildman–Crippen MR) is 163 cm³/mol. The number of rotatable bonds is 16. The maximum Gasteiger partial charge on any atom is 0.343 e. The average Bonchev–Trinajstić information content (AvgIpc) is 2.99. The minimum absolute atomic E-state index is 0.283. The molecule has 0 aliphatic heterocycles. The Balaban J connectivity index is 1.49. The number of unbranched alkanes of at least 4 members (excludes halogenated alkanes) is 6. The summed E-state index contributed by atoms with van der Waals surface area (Å²) in [6, 6.07) is 17.0. The molecule has 8 nitrogen and oxygen atoms in total. The standard InChI is InChI=1S/C35H40O8/c1-4-6-8-9-11-13-33(37)41-28-18-14-26(15-19-28)34(38)42-30-22-23-31(25(3)24-30)43-35(39)27-16-20-29(21-17-27)40-32(36)12-10-7-5-2/h14-24H,4-13H2,1-3H3. The van der Waals surface area contributed by atoms with Gasteiger partial charge >= 0.3 is 23.9 Å². The Labute approximate surface area is 253 Å². The van der Waals surface area contributed by atoms with E-state index in [9.17, 15) is 19.2 Å². The van der Waals surface area contributed by atoms with Gasteiger partial charge in [0.05, 0.1) is 11.1 Å². The van der Waals surface area contributed by atoms with Crippen molar-refractivity contribution >= 4 is 23.9 Å². The van der Waals surface area contributed by atoms with Crippen LogP contribution in [0.3, 0.4) is 0 Å². The Hall–Kier alpha value is -4.46. The van der Waals surface area contributed by atoms with E-state index in [1.165, 1.54) is 36.8 Å². The lowest BCUT2D eigenvalue weighted by Gasteiger charge is -2.11. The van der Waals surface area contributed by atoms with Crippen molar-refractivity contribution in [2.45, 2.75) is 85.0 Å². The molecule has 0 fully saturated rings. The average molecular weight is 589 g/mol. The number of esters is 4. The topological polar surface area (TPSA) is 105 Å². The fourth-order valence-electron chi connectivity index (χ4n) is 4.20. The number of carbonyl (C=O) groups is 4. The Kier molecular flexibility index (Phi) is 13.4. The van der Waals surface area contributed by atoms with Crippen molar-refractivity contribution in [3.8, 4) is 23.0 Å². The molecule has 8 heteroatoms. The van der Waals surface area contributed by atoms with Gasteiger partial charge in [-0.15, -0.1) is 0 Å². The number of benzene rings is 3. The maximum absolute atomic E-state index is 12.7. The van der Waals surface area contributed by atoms with E-state index in [-0.39, 0.29) is 17.7 Å². The second-order valence-electron chi connectivity index (χ2n) is 10.3. The molecular formula is C35H40O8. The van der Waals surface area contributed by atoms with E-state index in [1.807, 2.05) is 0 Å². The predicted octanol–water partition coefficient (Wildman–Crippen LogP) is 8.19. The Bertz CT molecular complexity index is 1360. The van der Waals surface area contributed by atoms with Gasteiger partial charge in [-0.3, -0.25) is 9.59 Å². The first-order valence-corrected chi connectivity index (χ1v) is 15.0. The van der Waals surface area contributed by atoms with Gasteiger partial charge in [0.25, 0.3) is 0 Å². The molecule has 3 aromatic rings. The largest absolute Gasteiger partial charge is 0.427 e. The summed E-state index contributed by atoms with van der Waals surface area (Å²) in [5.74, 6) is -0.423. The summed E-state index contributed by atoms with van der Waals surface area (Å²) in [4.78, 5) is 49.2. The van der Waals surface area contributed by atoms with Crippen LogP contribution in [0.1, 0.15) is 104 Å². The van der Waals surface area contributed by atoms with Crippen molar-refractivity contribution < 1.29 is 38.1 Å². The molecule has 0 saturated heterocycles. The SMILES string of the molecule is CCCCCCCC(=O)Oc1ccc(C(=O)Oc2ccc(OC(=O)c3ccc(OC(=O)CCCCC)cc3)c(C)c2)cc1. The van der Waals surface area contributed by atoms with Gasteiger partial charge in [0, 0.05) is 12.8 Å². The zero-order valence-electron chi connectivity index (χ0n) is 25.2. The van der Waals surface area contributed by atoms with Gasteiger partial charge in [0.1, 0.15) is 23.0 Å². The lowest BCUT2D eigenvalue weighted by Crippen LogP contribution is -2.11. The first kappa shape index (κ1) is 33.0. The Morgan fingerprint density at radius 3 is 1.47 bits per heavy atom. The molecule has 0 aliphatic carbocycles. The van der Waals surface area contributed by atoms with E-state index in [0.29, 0.717) is 46.8 Å². The second-order valence-corrected chi connectivity index (χ2v) is 10.3. The number of ether oxygens (including phenoxy) is 4. The maximum atomic E-state index is 12.7. The molecule has 0 unspecified atom stereocenters. The molecule has 0 spiro atoms. The molecule has 0 heterocycles. The molecule has 0 atom stereocenters. The first-order chi connectivity index (χ1) is 20.8. The molecular weight excluding hydrogens is 548 g/mol. The smallest absolute Gasteiger partial charge is 0.343 e. The van der Waals surface area contributed by atoms with Crippen LogP contribution in [0.15, 0.2) is 66.7 Å². The highest BCUT2D eigenvalue weighted by Crippen LogP contribution is 2.26. The monoisotopic (exact) mass is 588 g/mol. The van der Waals surface area contributed by atoms with Gasteiger partial charge in [0.2, 0.25) is 0 Å². The van der Waals surface area contributed by atoms with Crippen LogP contribution in [0.4, 0.5) is 0 Å². The zero-order valence-corrected chi connectivity index (χ0v) is 25.2. The number of hydrogen-bond donors (Lipinski definition) is 0. The molecule has 0 radical (unpaired) electrons. The summed E-state index contributed by atoms with van der Waals surface area (Å²) in [7, 11) is 0. The van der Waals surface area contributed by atoms with Gasteiger partial charge in [-0.25, -0.2) is 9.59 Å². The van der Waals surface area contributed by atoms with Crippen molar-refractivity contribution in [2.75, 3.05) is 0 Å². The lowest BCUT2D eigenvalue weighted by molar-refractivity contribution is -0.135. The molecule has 0 bridgehead atoms. The highest BCUT2D eigenvalue weighted by Gasteiger charge is 2.15. The summed E-state index contributed by atoms with van der Waals surface area (Å²) < 4.78 is 21.7. The van der Waals surface area contributed by atoms with Crippen LogP contribution in [0.25, 0.3) is 0 Å². The molecule has 0 aliphatic rings. The van der Waals surface area contributed by atoms with Crippen molar-refractivity contribution in [3.63, 3.8) is 0 Å². The summed E-state index contributed by atoms with van der Waals surface area (Å²) in [6.07, 6.45) is 8.71. The lowest BCUT2D eigenvalue weighted by atomic mass is 10.1. The highest BCUT2D eigenvalue weighted by molar-refractivity contribution is 5.92. The highest BCUT2D eigenvalue weighted by atomic mass is 16.5. The molecule has 0 saturated carbocycles. The molecule has 0 aromatic heterocycles. The zero-order chi connectivity index (χ0) is 31.0. The van der Waals surface area contributed by atoms with E-state index in [2.05, 4.69) is 13.8 Å². The third-order valence-electron chi connectivity index (χ3n) is 6.67. The van der Waals surface area contributed by atoms with Crippen molar-refractivity contribution in [2.24, 2.45) is 0 Å². The number of carbonyl (C=O) groups excluding carboxylic acids is 4. The molecule has 43 heavy (non-hydrogen) atoms. The van der Waals surface area contributed by atoms with Crippen LogP contribution < -0.4 is 18.9 Å². The van der Waals surface area contributed by atoms with Gasteiger partial charge in [-0.1, -0.05) is 52.4 Å². The second kappa shape index (κ2) is 17.5. The fourth-order valence-corrected chi connectivity index (χ4v) is 4.20. The molecule has 3 rings (SSSR count). The van der Waals surface area contributed by atoms with Crippen LogP contribution in [0.5, 0.6) is 23.0 Å². The van der Waals surface area contributed by atoms with Crippen LogP contribution >= 0.6 is 0 Å². The van der Waals surface area contributed by atoms with Crippen LogP contribution in [0, 0.1) is 6.92 Å². The van der Waals surface area contributed by atoms with E-state index in [4.69, 9.17) is 18.9 Å². The van der Waals surface area contributed by atoms with Gasteiger partial charge in [-0.05, 0) is 92.1 Å². The normalized spacial score (nSPS) is 10.6. The van der Waals surface area contributed by atoms with Crippen LogP contribution in [-0.2, 0) is 9.59 Å². The van der Waals surface area contributed by atoms with Crippen molar-refractivity contribution in [1.82, 2.24) is 0 Å². The summed E-state index contributed by atoms with van der Waals surface area (Å²) in [6.45, 7) is 5.94. The molecule has 228 valence electrons. The van der Waals surface area contributed by atoms with E-state index < -0.39 is 11.9 Å². The van der Waals surface area contributed by atoms with E-state index in [0.717, 1.165) is 44.9 Å². The Morgan fingerprint density at radius 2 is 0.953 bits per heavy atom. The number of aryl methyl sites for hydroxylation is 1.